The summed E-state index contributed by atoms with van der Waals surface area (Å²) in [5, 5.41) is 5.85. The fraction of sp³-hybridized carbons (Fsp3) is 0.235. The van der Waals surface area contributed by atoms with Gasteiger partial charge in [0.05, 0.1) is 11.3 Å². The molecule has 0 atom stereocenters. The van der Waals surface area contributed by atoms with Crippen molar-refractivity contribution in [3.8, 4) is 0 Å². The van der Waals surface area contributed by atoms with E-state index in [1.807, 2.05) is 0 Å². The highest BCUT2D eigenvalue weighted by Crippen LogP contribution is 2.24. The molecule has 3 rings (SSSR count). The van der Waals surface area contributed by atoms with Crippen molar-refractivity contribution in [3.05, 3.63) is 62.5 Å². The lowest BCUT2D eigenvalue weighted by Gasteiger charge is -2.11. The zero-order valence-electron chi connectivity index (χ0n) is 13.0. The number of halogens is 1. The Hall–Kier alpha value is -2.60. The lowest BCUT2D eigenvalue weighted by atomic mass is 10.1. The van der Waals surface area contributed by atoms with Crippen LogP contribution in [0.4, 0.5) is 5.69 Å². The molecule has 2 amide bonds. The van der Waals surface area contributed by atoms with Crippen LogP contribution in [0.5, 0.6) is 0 Å². The first-order valence-electron chi connectivity index (χ1n) is 7.55. The van der Waals surface area contributed by atoms with E-state index < -0.39 is 5.91 Å². The van der Waals surface area contributed by atoms with Gasteiger partial charge in [0.2, 0.25) is 0 Å². The molecule has 0 radical (unpaired) electrons. The molecule has 1 saturated carbocycles. The second-order valence-corrected chi connectivity index (χ2v) is 6.22. The minimum atomic E-state index is -0.584. The number of aromatic amines is 1. The standard InChI is InChI=1S/C17H16ClN3O3/c1-9-6-15(22)13(8-19-9)17(24)21-14-5-2-10(18)7-12(14)16(23)20-11-3-4-11/h2,5-8,11H,3-4H2,1H3,(H,19,22)(H,20,23)(H,21,24). The maximum Gasteiger partial charge on any atom is 0.261 e. The minimum Gasteiger partial charge on any atom is -0.364 e. The van der Waals surface area contributed by atoms with Crippen LogP contribution < -0.4 is 16.1 Å². The maximum absolute atomic E-state index is 12.3. The van der Waals surface area contributed by atoms with E-state index in [-0.39, 0.29) is 28.5 Å². The Kier molecular flexibility index (Phi) is 4.40. The topological polar surface area (TPSA) is 91.1 Å². The SMILES string of the molecule is Cc1cc(=O)c(C(=O)Nc2ccc(Cl)cc2C(=O)NC2CC2)c[nH]1. The number of pyridine rings is 1. The summed E-state index contributed by atoms with van der Waals surface area (Å²) < 4.78 is 0. The molecular formula is C17H16ClN3O3. The van der Waals surface area contributed by atoms with Crippen LogP contribution in [0.1, 0.15) is 39.3 Å². The summed E-state index contributed by atoms with van der Waals surface area (Å²) in [6, 6.07) is 6.14. The molecule has 1 heterocycles. The van der Waals surface area contributed by atoms with E-state index in [0.717, 1.165) is 12.8 Å². The number of carbonyl (C=O) groups is 2. The first kappa shape index (κ1) is 16.3. The number of H-pyrrole nitrogens is 1. The number of nitrogens with one attached hydrogen (secondary N) is 3. The Morgan fingerprint density at radius 2 is 1.92 bits per heavy atom. The summed E-state index contributed by atoms with van der Waals surface area (Å²) in [6.07, 6.45) is 3.26. The number of hydrogen-bond acceptors (Lipinski definition) is 3. The quantitative estimate of drug-likeness (QED) is 0.795. The molecule has 3 N–H and O–H groups in total. The van der Waals surface area contributed by atoms with Crippen molar-refractivity contribution in [2.24, 2.45) is 0 Å². The monoisotopic (exact) mass is 345 g/mol. The number of hydrogen-bond donors (Lipinski definition) is 3. The van der Waals surface area contributed by atoms with E-state index in [1.54, 1.807) is 19.1 Å². The van der Waals surface area contributed by atoms with Gasteiger partial charge in [-0.2, -0.15) is 0 Å². The molecule has 0 bridgehead atoms. The molecule has 124 valence electrons. The zero-order valence-corrected chi connectivity index (χ0v) is 13.7. The van der Waals surface area contributed by atoms with Gasteiger partial charge in [-0.15, -0.1) is 0 Å². The fourth-order valence-corrected chi connectivity index (χ4v) is 2.42. The second-order valence-electron chi connectivity index (χ2n) is 5.79. The van der Waals surface area contributed by atoms with E-state index in [1.165, 1.54) is 18.3 Å². The van der Waals surface area contributed by atoms with E-state index in [9.17, 15) is 14.4 Å². The number of amides is 2. The predicted molar refractivity (Wildman–Crippen MR) is 91.7 cm³/mol. The number of benzene rings is 1. The number of rotatable bonds is 4. The number of anilines is 1. The van der Waals surface area contributed by atoms with Crippen molar-refractivity contribution in [3.63, 3.8) is 0 Å². The van der Waals surface area contributed by atoms with Gasteiger partial charge in [-0.3, -0.25) is 14.4 Å². The third kappa shape index (κ3) is 3.65. The molecule has 0 saturated heterocycles. The highest BCUT2D eigenvalue weighted by Gasteiger charge is 2.25. The lowest BCUT2D eigenvalue weighted by Crippen LogP contribution is -2.28. The van der Waals surface area contributed by atoms with Crippen LogP contribution >= 0.6 is 11.6 Å². The normalized spacial score (nSPS) is 13.4. The fourth-order valence-electron chi connectivity index (χ4n) is 2.24. The lowest BCUT2D eigenvalue weighted by molar-refractivity contribution is 0.0952. The number of aryl methyl sites for hydroxylation is 1. The summed E-state index contributed by atoms with van der Waals surface area (Å²) >= 11 is 5.96. The molecule has 7 heteroatoms. The first-order valence-corrected chi connectivity index (χ1v) is 7.93. The zero-order chi connectivity index (χ0) is 17.3. The van der Waals surface area contributed by atoms with Crippen LogP contribution in [-0.2, 0) is 0 Å². The molecule has 1 fully saturated rings. The van der Waals surface area contributed by atoms with Crippen LogP contribution in [0.3, 0.4) is 0 Å². The minimum absolute atomic E-state index is 0.0240. The molecule has 24 heavy (non-hydrogen) atoms. The van der Waals surface area contributed by atoms with Crippen molar-refractivity contribution >= 4 is 29.1 Å². The van der Waals surface area contributed by atoms with Crippen molar-refractivity contribution in [2.75, 3.05) is 5.32 Å². The molecule has 1 aliphatic carbocycles. The van der Waals surface area contributed by atoms with Crippen molar-refractivity contribution in [1.82, 2.24) is 10.3 Å². The van der Waals surface area contributed by atoms with E-state index in [2.05, 4.69) is 15.6 Å². The summed E-state index contributed by atoms with van der Waals surface area (Å²) in [6.45, 7) is 1.72. The van der Waals surface area contributed by atoms with Gasteiger partial charge in [0.1, 0.15) is 5.56 Å². The molecule has 1 aliphatic rings. The van der Waals surface area contributed by atoms with Gasteiger partial charge >= 0.3 is 0 Å². The Balaban J connectivity index is 1.87. The van der Waals surface area contributed by atoms with Gasteiger partial charge < -0.3 is 15.6 Å². The summed E-state index contributed by atoms with van der Waals surface area (Å²) in [5.74, 6) is -0.882. The molecular weight excluding hydrogens is 330 g/mol. The molecule has 0 unspecified atom stereocenters. The van der Waals surface area contributed by atoms with Crippen molar-refractivity contribution < 1.29 is 9.59 Å². The molecule has 0 spiro atoms. The second kappa shape index (κ2) is 6.49. The summed E-state index contributed by atoms with van der Waals surface area (Å²) in [5.41, 5.74) is 0.826. The van der Waals surface area contributed by atoms with Gasteiger partial charge in [-0.05, 0) is 38.0 Å². The van der Waals surface area contributed by atoms with E-state index in [4.69, 9.17) is 11.6 Å². The van der Waals surface area contributed by atoms with E-state index >= 15 is 0 Å². The predicted octanol–water partition coefficient (Wildman–Crippen LogP) is 2.48. The average molecular weight is 346 g/mol. The summed E-state index contributed by atoms with van der Waals surface area (Å²) in [7, 11) is 0. The number of aromatic nitrogens is 1. The van der Waals surface area contributed by atoms with Crippen LogP contribution in [0.25, 0.3) is 0 Å². The van der Waals surface area contributed by atoms with Crippen LogP contribution in [0.15, 0.2) is 35.3 Å². The van der Waals surface area contributed by atoms with E-state index in [0.29, 0.717) is 16.4 Å². The van der Waals surface area contributed by atoms with Crippen LogP contribution in [0, 0.1) is 6.92 Å². The smallest absolute Gasteiger partial charge is 0.261 e. The van der Waals surface area contributed by atoms with Gasteiger partial charge in [-0.25, -0.2) is 0 Å². The Labute approximate surface area is 143 Å². The molecule has 6 nitrogen and oxygen atoms in total. The Bertz CT molecular complexity index is 872. The van der Waals surface area contributed by atoms with Gasteiger partial charge in [0, 0.05) is 29.0 Å². The van der Waals surface area contributed by atoms with Gasteiger partial charge in [0.25, 0.3) is 11.8 Å². The van der Waals surface area contributed by atoms with Crippen LogP contribution in [0.2, 0.25) is 5.02 Å². The Morgan fingerprint density at radius 1 is 1.17 bits per heavy atom. The van der Waals surface area contributed by atoms with Gasteiger partial charge in [-0.1, -0.05) is 11.6 Å². The molecule has 0 aliphatic heterocycles. The first-order chi connectivity index (χ1) is 11.4. The average Bonchev–Trinajstić information content (AvgIpc) is 3.32. The van der Waals surface area contributed by atoms with Crippen molar-refractivity contribution in [2.45, 2.75) is 25.8 Å². The van der Waals surface area contributed by atoms with Crippen LogP contribution in [-0.4, -0.2) is 22.8 Å². The largest absolute Gasteiger partial charge is 0.364 e. The third-order valence-corrected chi connectivity index (χ3v) is 3.92. The maximum atomic E-state index is 12.3. The molecule has 1 aromatic heterocycles. The molecule has 2 aromatic rings. The summed E-state index contributed by atoms with van der Waals surface area (Å²) in [4.78, 5) is 39.4. The third-order valence-electron chi connectivity index (χ3n) is 3.69. The highest BCUT2D eigenvalue weighted by molar-refractivity contribution is 6.31. The highest BCUT2D eigenvalue weighted by atomic mass is 35.5. The Morgan fingerprint density at radius 3 is 2.58 bits per heavy atom. The molecule has 1 aromatic carbocycles. The van der Waals surface area contributed by atoms with Crippen molar-refractivity contribution in [1.29, 1.82) is 0 Å². The van der Waals surface area contributed by atoms with Gasteiger partial charge in [0.15, 0.2) is 5.43 Å². The number of carbonyl (C=O) groups excluding carboxylic acids is 2.